The number of nitrogens with one attached hydrogen (secondary N) is 1. The first-order chi connectivity index (χ1) is 9.51. The molecule has 1 aliphatic heterocycles. The standard InChI is InChI=1S/C18H33NO/c1-14(2)19-13-17(3,15-6-7-15)12-16-8-11-18(20-16)9-4-5-10-18/h14-16,19H,4-13H2,1-3H3. The van der Waals surface area contributed by atoms with E-state index in [2.05, 4.69) is 26.1 Å². The van der Waals surface area contributed by atoms with Gasteiger partial charge in [0.2, 0.25) is 0 Å². The van der Waals surface area contributed by atoms with E-state index in [9.17, 15) is 0 Å². The maximum absolute atomic E-state index is 6.56. The first-order valence-electron chi connectivity index (χ1n) is 8.93. The molecule has 2 unspecified atom stereocenters. The highest BCUT2D eigenvalue weighted by atomic mass is 16.5. The molecule has 0 aromatic carbocycles. The predicted octanol–water partition coefficient (Wildman–Crippen LogP) is 4.28. The molecule has 1 heterocycles. The minimum atomic E-state index is 0.306. The summed E-state index contributed by atoms with van der Waals surface area (Å²) in [7, 11) is 0. The summed E-state index contributed by atoms with van der Waals surface area (Å²) >= 11 is 0. The fourth-order valence-electron chi connectivity index (χ4n) is 4.55. The summed E-state index contributed by atoms with van der Waals surface area (Å²) in [6.07, 6.45) is 12.8. The van der Waals surface area contributed by atoms with E-state index in [0.717, 1.165) is 5.92 Å². The van der Waals surface area contributed by atoms with Gasteiger partial charge in [-0.2, -0.15) is 0 Å². The first kappa shape index (κ1) is 14.8. The third-order valence-electron chi connectivity index (χ3n) is 6.02. The second kappa shape index (κ2) is 5.61. The molecule has 3 rings (SSSR count). The molecule has 1 N–H and O–H groups in total. The average molecular weight is 279 g/mol. The topological polar surface area (TPSA) is 21.3 Å². The van der Waals surface area contributed by atoms with Crippen LogP contribution in [0.15, 0.2) is 0 Å². The van der Waals surface area contributed by atoms with Crippen molar-refractivity contribution in [3.63, 3.8) is 0 Å². The van der Waals surface area contributed by atoms with Crippen LogP contribution in [-0.4, -0.2) is 24.3 Å². The van der Waals surface area contributed by atoms with Gasteiger partial charge in [-0.05, 0) is 56.3 Å². The monoisotopic (exact) mass is 279 g/mol. The van der Waals surface area contributed by atoms with E-state index in [4.69, 9.17) is 4.74 Å². The molecule has 0 amide bonds. The van der Waals surface area contributed by atoms with Gasteiger partial charge in [0, 0.05) is 12.6 Å². The molecule has 2 nitrogen and oxygen atoms in total. The highest BCUT2D eigenvalue weighted by Crippen LogP contribution is 2.51. The smallest absolute Gasteiger partial charge is 0.0687 e. The molecule has 3 fully saturated rings. The van der Waals surface area contributed by atoms with Crippen molar-refractivity contribution in [1.29, 1.82) is 0 Å². The minimum absolute atomic E-state index is 0.306. The van der Waals surface area contributed by atoms with E-state index < -0.39 is 0 Å². The van der Waals surface area contributed by atoms with Gasteiger partial charge in [-0.3, -0.25) is 0 Å². The van der Waals surface area contributed by atoms with Gasteiger partial charge in [-0.25, -0.2) is 0 Å². The summed E-state index contributed by atoms with van der Waals surface area (Å²) in [5, 5.41) is 3.69. The van der Waals surface area contributed by atoms with E-state index in [0.29, 0.717) is 23.2 Å². The van der Waals surface area contributed by atoms with Crippen LogP contribution in [0.3, 0.4) is 0 Å². The van der Waals surface area contributed by atoms with E-state index in [1.54, 1.807) is 0 Å². The van der Waals surface area contributed by atoms with Crippen LogP contribution in [0.25, 0.3) is 0 Å². The van der Waals surface area contributed by atoms with Gasteiger partial charge in [0.1, 0.15) is 0 Å². The molecule has 3 aliphatic rings. The molecule has 1 saturated heterocycles. The molecule has 0 aromatic rings. The van der Waals surface area contributed by atoms with Crippen LogP contribution in [0.1, 0.15) is 78.6 Å². The quantitative estimate of drug-likeness (QED) is 0.783. The molecule has 0 radical (unpaired) electrons. The normalized spacial score (nSPS) is 32.1. The van der Waals surface area contributed by atoms with Gasteiger partial charge in [0.25, 0.3) is 0 Å². The first-order valence-corrected chi connectivity index (χ1v) is 8.93. The van der Waals surface area contributed by atoms with Crippen LogP contribution in [0.2, 0.25) is 0 Å². The van der Waals surface area contributed by atoms with E-state index in [1.807, 2.05) is 0 Å². The summed E-state index contributed by atoms with van der Waals surface area (Å²) in [4.78, 5) is 0. The number of hydrogen-bond acceptors (Lipinski definition) is 2. The molecule has 0 aromatic heterocycles. The highest BCUT2D eigenvalue weighted by Gasteiger charge is 2.47. The van der Waals surface area contributed by atoms with Gasteiger partial charge in [-0.1, -0.05) is 33.6 Å². The number of hydrogen-bond donors (Lipinski definition) is 1. The van der Waals surface area contributed by atoms with Crippen molar-refractivity contribution < 1.29 is 4.74 Å². The maximum Gasteiger partial charge on any atom is 0.0687 e. The largest absolute Gasteiger partial charge is 0.372 e. The van der Waals surface area contributed by atoms with Gasteiger partial charge < -0.3 is 10.1 Å². The zero-order chi connectivity index (χ0) is 14.2. The summed E-state index contributed by atoms with van der Waals surface area (Å²) < 4.78 is 6.56. The molecule has 20 heavy (non-hydrogen) atoms. The SMILES string of the molecule is CC(C)NCC(C)(CC1CCC2(CCCC2)O1)C1CC1. The van der Waals surface area contributed by atoms with Crippen LogP contribution in [0.4, 0.5) is 0 Å². The molecule has 116 valence electrons. The Hall–Kier alpha value is -0.0800. The number of rotatable bonds is 6. The predicted molar refractivity (Wildman–Crippen MR) is 83.9 cm³/mol. The third kappa shape index (κ3) is 3.22. The van der Waals surface area contributed by atoms with Gasteiger partial charge in [-0.15, -0.1) is 0 Å². The van der Waals surface area contributed by atoms with Gasteiger partial charge >= 0.3 is 0 Å². The Balaban J connectivity index is 1.56. The van der Waals surface area contributed by atoms with Crippen LogP contribution in [-0.2, 0) is 4.74 Å². The van der Waals surface area contributed by atoms with Crippen molar-refractivity contribution in [2.24, 2.45) is 11.3 Å². The zero-order valence-corrected chi connectivity index (χ0v) is 13.7. The van der Waals surface area contributed by atoms with Gasteiger partial charge in [0.05, 0.1) is 11.7 Å². The summed E-state index contributed by atoms with van der Waals surface area (Å²) in [6.45, 7) is 8.19. The maximum atomic E-state index is 6.56. The van der Waals surface area contributed by atoms with Crippen molar-refractivity contribution in [3.05, 3.63) is 0 Å². The third-order valence-corrected chi connectivity index (χ3v) is 6.02. The average Bonchev–Trinajstić information content (AvgIpc) is 3.07. The van der Waals surface area contributed by atoms with Crippen molar-refractivity contribution in [2.75, 3.05) is 6.54 Å². The van der Waals surface area contributed by atoms with E-state index in [-0.39, 0.29) is 0 Å². The Morgan fingerprint density at radius 1 is 1.15 bits per heavy atom. The lowest BCUT2D eigenvalue weighted by molar-refractivity contribution is -0.0542. The molecular weight excluding hydrogens is 246 g/mol. The molecule has 1 spiro atoms. The number of ether oxygens (including phenoxy) is 1. The molecule has 2 atom stereocenters. The van der Waals surface area contributed by atoms with Crippen LogP contribution in [0, 0.1) is 11.3 Å². The lowest BCUT2D eigenvalue weighted by Gasteiger charge is -2.34. The van der Waals surface area contributed by atoms with Crippen LogP contribution >= 0.6 is 0 Å². The van der Waals surface area contributed by atoms with Crippen LogP contribution < -0.4 is 5.32 Å². The fraction of sp³-hybridized carbons (Fsp3) is 1.00. The second-order valence-corrected chi connectivity index (χ2v) is 8.34. The van der Waals surface area contributed by atoms with E-state index in [1.165, 1.54) is 64.3 Å². The Labute approximate surface area is 125 Å². The molecule has 0 bridgehead atoms. The van der Waals surface area contributed by atoms with Crippen LogP contribution in [0.5, 0.6) is 0 Å². The Morgan fingerprint density at radius 2 is 1.85 bits per heavy atom. The second-order valence-electron chi connectivity index (χ2n) is 8.34. The highest BCUT2D eigenvalue weighted by molar-refractivity contribution is 4.98. The lowest BCUT2D eigenvalue weighted by Crippen LogP contribution is -2.39. The fourth-order valence-corrected chi connectivity index (χ4v) is 4.55. The molecule has 2 aliphatic carbocycles. The molecule has 2 heteroatoms. The molecule has 2 saturated carbocycles. The Morgan fingerprint density at radius 3 is 2.45 bits per heavy atom. The summed E-state index contributed by atoms with van der Waals surface area (Å²) in [5.41, 5.74) is 0.764. The summed E-state index contributed by atoms with van der Waals surface area (Å²) in [5.74, 6) is 0.942. The summed E-state index contributed by atoms with van der Waals surface area (Å²) in [6, 6.07) is 0.596. The zero-order valence-electron chi connectivity index (χ0n) is 13.7. The van der Waals surface area contributed by atoms with E-state index >= 15 is 0 Å². The minimum Gasteiger partial charge on any atom is -0.372 e. The van der Waals surface area contributed by atoms with Crippen molar-refractivity contribution in [3.8, 4) is 0 Å². The Bertz CT molecular complexity index is 330. The Kier molecular flexibility index (Phi) is 4.16. The van der Waals surface area contributed by atoms with Gasteiger partial charge in [0.15, 0.2) is 0 Å². The van der Waals surface area contributed by atoms with Crippen molar-refractivity contribution >= 4 is 0 Å². The van der Waals surface area contributed by atoms with Crippen molar-refractivity contribution in [2.45, 2.75) is 96.3 Å². The lowest BCUT2D eigenvalue weighted by atomic mass is 9.78. The van der Waals surface area contributed by atoms with Crippen molar-refractivity contribution in [1.82, 2.24) is 5.32 Å². The molecular formula is C18H33NO.